The number of rotatable bonds is 7. The van der Waals surface area contributed by atoms with E-state index in [9.17, 15) is 9.59 Å². The number of carbonyl (C=O) groups is 2. The van der Waals surface area contributed by atoms with E-state index in [0.717, 1.165) is 32.8 Å². The van der Waals surface area contributed by atoms with Crippen LogP contribution >= 0.6 is 11.8 Å². The minimum absolute atomic E-state index is 0.140. The maximum absolute atomic E-state index is 13.7. The molecule has 0 bridgehead atoms. The number of aromatic nitrogens is 4. The van der Waals surface area contributed by atoms with Crippen LogP contribution in [0.2, 0.25) is 0 Å². The van der Waals surface area contributed by atoms with Gasteiger partial charge in [0.25, 0.3) is 5.91 Å². The summed E-state index contributed by atoms with van der Waals surface area (Å²) < 4.78 is 0. The molecule has 1 aliphatic rings. The molecule has 194 valence electrons. The number of thioether (sulfide) groups is 1. The molecule has 2 heterocycles. The van der Waals surface area contributed by atoms with Crippen LogP contribution in [0.25, 0.3) is 22.5 Å². The quantitative estimate of drug-likeness (QED) is 0.333. The number of hydrogen-bond donors (Lipinski definition) is 3. The van der Waals surface area contributed by atoms with Crippen molar-refractivity contribution in [2.24, 2.45) is 5.73 Å². The van der Waals surface area contributed by atoms with E-state index in [1.54, 1.807) is 30.5 Å². The molecule has 38 heavy (non-hydrogen) atoms. The van der Waals surface area contributed by atoms with Gasteiger partial charge in [0.15, 0.2) is 0 Å². The Morgan fingerprint density at radius 3 is 2.50 bits per heavy atom. The van der Waals surface area contributed by atoms with Gasteiger partial charge in [-0.3, -0.25) is 9.59 Å². The first-order valence-electron chi connectivity index (χ1n) is 12.3. The highest BCUT2D eigenvalue weighted by Crippen LogP contribution is 2.36. The Morgan fingerprint density at radius 2 is 1.79 bits per heavy atom. The van der Waals surface area contributed by atoms with Crippen LogP contribution in [0.1, 0.15) is 25.8 Å². The number of amides is 2. The molecular formula is C28H29N7O2S. The van der Waals surface area contributed by atoms with E-state index < -0.39 is 11.6 Å². The monoisotopic (exact) mass is 527 g/mol. The van der Waals surface area contributed by atoms with Crippen LogP contribution in [0.5, 0.6) is 0 Å². The van der Waals surface area contributed by atoms with E-state index in [2.05, 4.69) is 25.9 Å². The number of benzene rings is 3. The van der Waals surface area contributed by atoms with E-state index in [1.807, 2.05) is 72.8 Å². The lowest BCUT2D eigenvalue weighted by molar-refractivity contribution is -0.127. The van der Waals surface area contributed by atoms with Crippen LogP contribution in [0, 0.1) is 0 Å². The normalized spacial score (nSPS) is 15.6. The van der Waals surface area contributed by atoms with Crippen molar-refractivity contribution in [3.05, 3.63) is 78.4 Å². The van der Waals surface area contributed by atoms with E-state index >= 15 is 0 Å². The summed E-state index contributed by atoms with van der Waals surface area (Å²) in [5.74, 6) is 0.610. The fraction of sp³-hybridized carbons (Fsp3) is 0.250. The smallest absolute Gasteiger partial charge is 0.250 e. The summed E-state index contributed by atoms with van der Waals surface area (Å²) in [5, 5.41) is 17.3. The van der Waals surface area contributed by atoms with Crippen LogP contribution in [0.3, 0.4) is 0 Å². The molecule has 1 aromatic heterocycles. The fourth-order valence-electron chi connectivity index (χ4n) is 4.46. The van der Waals surface area contributed by atoms with Gasteiger partial charge in [0.1, 0.15) is 6.04 Å². The van der Waals surface area contributed by atoms with Gasteiger partial charge >= 0.3 is 0 Å². The average Bonchev–Trinajstić information content (AvgIpc) is 3.40. The van der Waals surface area contributed by atoms with Gasteiger partial charge in [-0.05, 0) is 47.9 Å². The minimum atomic E-state index is -0.655. The molecule has 0 aliphatic carbocycles. The summed E-state index contributed by atoms with van der Waals surface area (Å²) in [4.78, 5) is 29.1. The van der Waals surface area contributed by atoms with Crippen LogP contribution in [-0.2, 0) is 16.1 Å². The topological polar surface area (TPSA) is 130 Å². The standard InChI is InChI=1S/C28H29N7O2S/c1-28(2,29)15-25(36)30-22-17-38-24-10-6-5-9-23(24)35(27(22)37)16-18-11-13-19(14-12-18)20-7-3-4-8-21(20)26-31-33-34-32-26/h3-14,22H,15-17,29H2,1-2H3,(H,30,36)(H,31,32,33,34)/t22-/m1/s1. The fourth-order valence-corrected chi connectivity index (χ4v) is 5.53. The summed E-state index contributed by atoms with van der Waals surface area (Å²) in [5.41, 5.74) is 10.0. The number of fused-ring (bicyclic) bond motifs is 1. The summed E-state index contributed by atoms with van der Waals surface area (Å²) in [7, 11) is 0. The second-order valence-electron chi connectivity index (χ2n) is 9.97. The molecule has 0 unspecified atom stereocenters. The third-order valence-corrected chi connectivity index (χ3v) is 7.35. The van der Waals surface area contributed by atoms with Crippen LogP contribution in [-0.4, -0.2) is 49.8 Å². The van der Waals surface area contributed by atoms with E-state index in [0.29, 0.717) is 18.1 Å². The third-order valence-electron chi connectivity index (χ3n) is 6.20. The molecule has 3 aromatic carbocycles. The largest absolute Gasteiger partial charge is 0.343 e. The van der Waals surface area contributed by atoms with Crippen molar-refractivity contribution in [1.82, 2.24) is 25.9 Å². The van der Waals surface area contributed by atoms with Gasteiger partial charge in [-0.1, -0.05) is 60.7 Å². The highest BCUT2D eigenvalue weighted by molar-refractivity contribution is 7.99. The average molecular weight is 528 g/mol. The highest BCUT2D eigenvalue weighted by Gasteiger charge is 2.32. The second-order valence-corrected chi connectivity index (χ2v) is 11.0. The molecule has 5 rings (SSSR count). The molecule has 1 aliphatic heterocycles. The number of nitrogens with two attached hydrogens (primary N) is 1. The minimum Gasteiger partial charge on any atom is -0.343 e. The Kier molecular flexibility index (Phi) is 7.26. The molecular weight excluding hydrogens is 498 g/mol. The molecule has 2 amide bonds. The van der Waals surface area contributed by atoms with Crippen LogP contribution in [0.4, 0.5) is 5.69 Å². The van der Waals surface area contributed by atoms with Crippen LogP contribution < -0.4 is 16.0 Å². The lowest BCUT2D eigenvalue weighted by atomic mass is 9.98. The van der Waals surface area contributed by atoms with Gasteiger partial charge in [-0.2, -0.15) is 5.21 Å². The van der Waals surface area contributed by atoms with Gasteiger partial charge in [-0.15, -0.1) is 22.0 Å². The van der Waals surface area contributed by atoms with Gasteiger partial charge in [0, 0.05) is 28.2 Å². The molecule has 0 saturated carbocycles. The van der Waals surface area contributed by atoms with Gasteiger partial charge in [-0.25, -0.2) is 0 Å². The maximum Gasteiger partial charge on any atom is 0.250 e. The van der Waals surface area contributed by atoms with E-state index in [1.165, 1.54) is 0 Å². The van der Waals surface area contributed by atoms with Crippen molar-refractivity contribution < 1.29 is 9.59 Å². The highest BCUT2D eigenvalue weighted by atomic mass is 32.2. The molecule has 0 fully saturated rings. The SMILES string of the molecule is CC(C)(N)CC(=O)N[C@@H]1CSc2ccccc2N(Cc2ccc(-c3ccccc3-c3nn[nH]n3)cc2)C1=O. The zero-order valence-electron chi connectivity index (χ0n) is 21.2. The van der Waals surface area contributed by atoms with Crippen LogP contribution in [0.15, 0.2) is 77.7 Å². The second kappa shape index (κ2) is 10.8. The van der Waals surface area contributed by atoms with Crippen molar-refractivity contribution in [3.8, 4) is 22.5 Å². The Balaban J connectivity index is 1.40. The molecule has 4 N–H and O–H groups in total. The Hall–Kier alpha value is -4.02. The first-order chi connectivity index (χ1) is 18.3. The van der Waals surface area contributed by atoms with Crippen molar-refractivity contribution in [3.63, 3.8) is 0 Å². The predicted octanol–water partition coefficient (Wildman–Crippen LogP) is 3.78. The number of nitrogens with one attached hydrogen (secondary N) is 2. The van der Waals surface area contributed by atoms with Crippen molar-refractivity contribution >= 4 is 29.3 Å². The molecule has 0 saturated heterocycles. The number of H-pyrrole nitrogens is 1. The zero-order valence-corrected chi connectivity index (χ0v) is 22.0. The number of hydrogen-bond acceptors (Lipinski definition) is 7. The van der Waals surface area contributed by atoms with Crippen molar-refractivity contribution in [2.45, 2.75) is 43.3 Å². The summed E-state index contributed by atoms with van der Waals surface area (Å²) in [6.45, 7) is 3.96. The lowest BCUT2D eigenvalue weighted by Crippen LogP contribution is -2.51. The van der Waals surface area contributed by atoms with E-state index in [-0.39, 0.29) is 18.2 Å². The first kappa shape index (κ1) is 25.6. The maximum atomic E-state index is 13.7. The molecule has 4 aromatic rings. The first-order valence-corrected chi connectivity index (χ1v) is 13.3. The zero-order chi connectivity index (χ0) is 26.7. The summed E-state index contributed by atoms with van der Waals surface area (Å²) >= 11 is 1.57. The van der Waals surface area contributed by atoms with Gasteiger partial charge in [0.2, 0.25) is 11.7 Å². The number of carbonyl (C=O) groups excluding carboxylic acids is 2. The molecule has 1 atom stereocenters. The Labute approximate surface area is 225 Å². The number of para-hydroxylation sites is 1. The van der Waals surface area contributed by atoms with Gasteiger partial charge in [0.05, 0.1) is 12.2 Å². The Bertz CT molecular complexity index is 1430. The summed E-state index contributed by atoms with van der Waals surface area (Å²) in [6.07, 6.45) is 0.140. The molecule has 10 heteroatoms. The Morgan fingerprint density at radius 1 is 1.08 bits per heavy atom. The lowest BCUT2D eigenvalue weighted by Gasteiger charge is -2.27. The number of tetrazole rings is 1. The summed E-state index contributed by atoms with van der Waals surface area (Å²) in [6, 6.07) is 23.2. The predicted molar refractivity (Wildman–Crippen MR) is 148 cm³/mol. The third kappa shape index (κ3) is 5.76. The van der Waals surface area contributed by atoms with E-state index in [4.69, 9.17) is 5.73 Å². The van der Waals surface area contributed by atoms with Crippen molar-refractivity contribution in [2.75, 3.05) is 10.7 Å². The van der Waals surface area contributed by atoms with Gasteiger partial charge < -0.3 is 16.0 Å². The number of anilines is 1. The number of aromatic amines is 1. The molecule has 0 spiro atoms. The number of nitrogens with zero attached hydrogens (tertiary/aromatic N) is 4. The molecule has 9 nitrogen and oxygen atoms in total. The van der Waals surface area contributed by atoms with Crippen molar-refractivity contribution in [1.29, 1.82) is 0 Å². The molecule has 0 radical (unpaired) electrons.